The second kappa shape index (κ2) is 24.7. The Morgan fingerprint density at radius 2 is 0.717 bits per heavy atom. The van der Waals surface area contributed by atoms with Crippen LogP contribution in [-0.2, 0) is 19.1 Å². The quantitative estimate of drug-likeness (QED) is 0.0619. The topological polar surface area (TPSA) is 106 Å². The van der Waals surface area contributed by atoms with Gasteiger partial charge < -0.3 is 19.7 Å². The summed E-state index contributed by atoms with van der Waals surface area (Å²) in [7, 11) is 0. The second-order valence-electron chi connectivity index (χ2n) is 16.4. The van der Waals surface area contributed by atoms with Crippen LogP contribution in [0.3, 0.4) is 0 Å². The number of carbonyl (C=O) groups is 2. The van der Waals surface area contributed by atoms with Crippen molar-refractivity contribution in [3.63, 3.8) is 0 Å². The van der Waals surface area contributed by atoms with Crippen molar-refractivity contribution in [2.24, 2.45) is 0 Å². The molecule has 322 valence electrons. The fraction of sp³-hybridized carbons (Fsp3) is 0.480. The van der Waals surface area contributed by atoms with Crippen LogP contribution in [0.5, 0.6) is 0 Å². The number of ether oxygens (including phenoxy) is 2. The molecule has 10 nitrogen and oxygen atoms in total. The SMILES string of the molecule is O=C(CCCCCCCCC(=O)OC[C@H](O)CN1CCN(C(c2ccccc2)c2ccccc2)CC1)OC[C@@H](O)CN1CCN(C(c2ccccc2)c2ccccc2)CC1. The largest absolute Gasteiger partial charge is 0.463 e. The highest BCUT2D eigenvalue weighted by atomic mass is 16.5. The summed E-state index contributed by atoms with van der Waals surface area (Å²) in [5.41, 5.74) is 5.12. The molecule has 6 rings (SSSR count). The summed E-state index contributed by atoms with van der Waals surface area (Å²) >= 11 is 0. The zero-order chi connectivity index (χ0) is 41.8. The average molecular weight is 819 g/mol. The number of carbonyl (C=O) groups excluding carboxylic acids is 2. The van der Waals surface area contributed by atoms with Crippen LogP contribution in [0.15, 0.2) is 121 Å². The van der Waals surface area contributed by atoms with Gasteiger partial charge in [0.05, 0.1) is 12.1 Å². The van der Waals surface area contributed by atoms with Gasteiger partial charge >= 0.3 is 11.9 Å². The van der Waals surface area contributed by atoms with Crippen LogP contribution < -0.4 is 0 Å². The Bertz CT molecular complexity index is 1570. The first-order valence-electron chi connectivity index (χ1n) is 22.2. The van der Waals surface area contributed by atoms with E-state index >= 15 is 0 Å². The molecule has 0 spiro atoms. The zero-order valence-corrected chi connectivity index (χ0v) is 35.3. The lowest BCUT2D eigenvalue weighted by Crippen LogP contribution is -2.50. The number of hydrogen-bond acceptors (Lipinski definition) is 10. The van der Waals surface area contributed by atoms with Gasteiger partial charge in [0.15, 0.2) is 0 Å². The minimum atomic E-state index is -0.713. The summed E-state index contributed by atoms with van der Waals surface area (Å²) in [4.78, 5) is 34.3. The van der Waals surface area contributed by atoms with Crippen molar-refractivity contribution >= 4 is 11.9 Å². The lowest BCUT2D eigenvalue weighted by atomic mass is 9.96. The predicted molar refractivity (Wildman–Crippen MR) is 236 cm³/mol. The van der Waals surface area contributed by atoms with E-state index in [4.69, 9.17) is 9.47 Å². The van der Waals surface area contributed by atoms with Gasteiger partial charge in [0.25, 0.3) is 0 Å². The Kier molecular flexibility index (Phi) is 18.6. The number of β-amino-alcohol motifs (C(OH)–C–C–N with tert-alkyl or cyclic N) is 2. The van der Waals surface area contributed by atoms with E-state index in [2.05, 4.69) is 141 Å². The summed E-state index contributed by atoms with van der Waals surface area (Å²) in [5, 5.41) is 21.3. The van der Waals surface area contributed by atoms with Crippen molar-refractivity contribution in [2.75, 3.05) is 78.7 Å². The smallest absolute Gasteiger partial charge is 0.305 e. The predicted octanol–water partition coefficient (Wildman–Crippen LogP) is 6.73. The van der Waals surface area contributed by atoms with Crippen molar-refractivity contribution in [1.29, 1.82) is 0 Å². The molecule has 0 radical (unpaired) electrons. The van der Waals surface area contributed by atoms with Crippen LogP contribution >= 0.6 is 0 Å². The van der Waals surface area contributed by atoms with Crippen molar-refractivity contribution in [3.8, 4) is 0 Å². The van der Waals surface area contributed by atoms with Gasteiger partial charge in [-0.05, 0) is 35.1 Å². The molecule has 2 atom stereocenters. The molecule has 2 fully saturated rings. The number of hydrogen-bond donors (Lipinski definition) is 2. The Balaban J connectivity index is 0.754. The number of benzene rings is 4. The number of aliphatic hydroxyl groups is 2. The van der Waals surface area contributed by atoms with E-state index in [1.807, 2.05) is 0 Å². The van der Waals surface area contributed by atoms with Crippen molar-refractivity contribution < 1.29 is 29.3 Å². The normalized spacial score (nSPS) is 16.8. The number of nitrogens with zero attached hydrogens (tertiary/aromatic N) is 4. The van der Waals surface area contributed by atoms with E-state index in [0.717, 1.165) is 90.9 Å². The average Bonchev–Trinajstić information content (AvgIpc) is 3.29. The van der Waals surface area contributed by atoms with Gasteiger partial charge in [0.1, 0.15) is 25.4 Å². The van der Waals surface area contributed by atoms with Gasteiger partial charge in [-0.2, -0.15) is 0 Å². The maximum Gasteiger partial charge on any atom is 0.305 e. The third-order valence-electron chi connectivity index (χ3n) is 11.8. The third kappa shape index (κ3) is 14.6. The molecule has 2 heterocycles. The first-order chi connectivity index (χ1) is 29.4. The third-order valence-corrected chi connectivity index (χ3v) is 11.8. The molecule has 0 unspecified atom stereocenters. The van der Waals surface area contributed by atoms with Crippen LogP contribution in [0.2, 0.25) is 0 Å². The first kappa shape index (κ1) is 45.1. The Labute approximate surface area is 357 Å². The number of unbranched alkanes of at least 4 members (excludes halogenated alkanes) is 5. The molecule has 0 aliphatic carbocycles. The highest BCUT2D eigenvalue weighted by molar-refractivity contribution is 5.69. The number of piperazine rings is 2. The fourth-order valence-corrected chi connectivity index (χ4v) is 8.65. The number of rotatable bonds is 23. The number of aliphatic hydroxyl groups excluding tert-OH is 2. The molecule has 2 saturated heterocycles. The molecule has 2 N–H and O–H groups in total. The molecule has 10 heteroatoms. The Morgan fingerprint density at radius 1 is 0.433 bits per heavy atom. The molecule has 4 aromatic rings. The van der Waals surface area contributed by atoms with Gasteiger partial charge in [-0.15, -0.1) is 0 Å². The monoisotopic (exact) mass is 818 g/mol. The van der Waals surface area contributed by atoms with Crippen molar-refractivity contribution in [1.82, 2.24) is 19.6 Å². The molecule has 0 saturated carbocycles. The zero-order valence-electron chi connectivity index (χ0n) is 35.3. The van der Waals surface area contributed by atoms with E-state index in [-0.39, 0.29) is 37.2 Å². The molecular formula is C50H66N4O6. The highest BCUT2D eigenvalue weighted by Crippen LogP contribution is 2.31. The van der Waals surface area contributed by atoms with Crippen LogP contribution in [0.25, 0.3) is 0 Å². The van der Waals surface area contributed by atoms with E-state index in [1.165, 1.54) is 22.3 Å². The van der Waals surface area contributed by atoms with Gasteiger partial charge in [0, 0.05) is 78.3 Å². The maximum absolute atomic E-state index is 12.4. The second-order valence-corrected chi connectivity index (χ2v) is 16.4. The molecule has 2 aliphatic heterocycles. The van der Waals surface area contributed by atoms with Crippen LogP contribution in [0.4, 0.5) is 0 Å². The molecular weight excluding hydrogens is 753 g/mol. The van der Waals surface area contributed by atoms with Gasteiger partial charge in [0.2, 0.25) is 0 Å². The molecule has 0 bridgehead atoms. The molecule has 4 aromatic carbocycles. The van der Waals surface area contributed by atoms with E-state index in [0.29, 0.717) is 25.9 Å². The fourth-order valence-electron chi connectivity index (χ4n) is 8.65. The van der Waals surface area contributed by atoms with Crippen LogP contribution in [0.1, 0.15) is 85.7 Å². The van der Waals surface area contributed by atoms with E-state index < -0.39 is 12.2 Å². The van der Waals surface area contributed by atoms with E-state index in [1.54, 1.807) is 0 Å². The first-order valence-corrected chi connectivity index (χ1v) is 22.2. The van der Waals surface area contributed by atoms with Gasteiger partial charge in [-0.25, -0.2) is 0 Å². The van der Waals surface area contributed by atoms with Crippen molar-refractivity contribution in [2.45, 2.75) is 75.7 Å². The van der Waals surface area contributed by atoms with Gasteiger partial charge in [-0.3, -0.25) is 29.2 Å². The molecule has 2 aliphatic rings. The van der Waals surface area contributed by atoms with Crippen LogP contribution in [0, 0.1) is 0 Å². The lowest BCUT2D eigenvalue weighted by molar-refractivity contribution is -0.148. The number of esters is 2. The Hall–Kier alpha value is -4.42. The summed E-state index contributed by atoms with van der Waals surface area (Å²) < 4.78 is 10.8. The van der Waals surface area contributed by atoms with E-state index in [9.17, 15) is 19.8 Å². The maximum atomic E-state index is 12.4. The summed E-state index contributed by atoms with van der Waals surface area (Å²) in [6.45, 7) is 7.95. The summed E-state index contributed by atoms with van der Waals surface area (Å²) in [6.07, 6.45) is 4.55. The van der Waals surface area contributed by atoms with Crippen LogP contribution in [-0.4, -0.2) is 133 Å². The minimum absolute atomic E-state index is 0.0184. The lowest BCUT2D eigenvalue weighted by Gasteiger charge is -2.40. The molecule has 0 amide bonds. The molecule has 60 heavy (non-hydrogen) atoms. The summed E-state index contributed by atoms with van der Waals surface area (Å²) in [5.74, 6) is -0.529. The summed E-state index contributed by atoms with van der Waals surface area (Å²) in [6, 6.07) is 42.9. The highest BCUT2D eigenvalue weighted by Gasteiger charge is 2.29. The van der Waals surface area contributed by atoms with Gasteiger partial charge in [-0.1, -0.05) is 147 Å². The van der Waals surface area contributed by atoms with Crippen molar-refractivity contribution in [3.05, 3.63) is 144 Å². The Morgan fingerprint density at radius 3 is 1.02 bits per heavy atom. The molecule has 0 aromatic heterocycles. The minimum Gasteiger partial charge on any atom is -0.463 e. The standard InChI is InChI=1S/C50H66N4O6/c55-45(37-51-29-33-53(34-30-51)49(41-19-9-5-10-20-41)42-21-11-6-12-22-42)39-59-47(57)27-17-3-1-2-4-18-28-48(58)60-40-46(56)38-52-31-35-54(36-32-52)50(43-23-13-7-14-24-43)44-25-15-8-16-26-44/h5-16,19-26,45-46,49-50,55-56H,1-4,17-18,27-40H2/t45-,46+.